The van der Waals surface area contributed by atoms with Crippen LogP contribution in [0.1, 0.15) is 12.5 Å². The molecule has 0 spiro atoms. The number of hydrogen-bond donors (Lipinski definition) is 1. The average molecular weight is 284 g/mol. The van der Waals surface area contributed by atoms with E-state index in [4.69, 9.17) is 0 Å². The summed E-state index contributed by atoms with van der Waals surface area (Å²) in [5.74, 6) is 0. The van der Waals surface area contributed by atoms with Gasteiger partial charge >= 0.3 is 0 Å². The fourth-order valence-electron chi connectivity index (χ4n) is 2.20. The van der Waals surface area contributed by atoms with Crippen molar-refractivity contribution in [2.45, 2.75) is 18.6 Å². The maximum atomic E-state index is 13.8. The van der Waals surface area contributed by atoms with Crippen LogP contribution in [-0.4, -0.2) is 39.2 Å². The van der Waals surface area contributed by atoms with E-state index in [-0.39, 0.29) is 18.4 Å². The van der Waals surface area contributed by atoms with Crippen LogP contribution in [0.25, 0.3) is 11.3 Å². The predicted molar refractivity (Wildman–Crippen MR) is 71.9 cm³/mol. The lowest BCUT2D eigenvalue weighted by molar-refractivity contribution is 0.171. The van der Waals surface area contributed by atoms with E-state index in [1.54, 1.807) is 23.3 Å². The van der Waals surface area contributed by atoms with E-state index in [2.05, 4.69) is 20.6 Å². The Labute approximate surface area is 116 Å². The number of nitrogens with zero attached hydrogens (tertiary/aromatic N) is 4. The number of hydrogen-bond acceptors (Lipinski definition) is 4. The first-order valence-corrected chi connectivity index (χ1v) is 6.01. The number of nitrogens with one attached hydrogen (secondary N) is 1. The molecule has 0 aromatic carbocycles. The van der Waals surface area contributed by atoms with Gasteiger partial charge in [0, 0.05) is 24.5 Å². The van der Waals surface area contributed by atoms with Gasteiger partial charge in [-0.05, 0) is 25.1 Å². The number of piperidine rings is 1. The third-order valence-corrected chi connectivity index (χ3v) is 3.20. The van der Waals surface area contributed by atoms with Crippen molar-refractivity contribution in [1.29, 1.82) is 0 Å². The first kappa shape index (κ1) is 13.9. The summed E-state index contributed by atoms with van der Waals surface area (Å²) < 4.78 is 15.4. The van der Waals surface area contributed by atoms with E-state index >= 15 is 0 Å². The van der Waals surface area contributed by atoms with Crippen molar-refractivity contribution in [3.05, 3.63) is 30.7 Å². The minimum Gasteiger partial charge on any atom is -0.314 e. The molecule has 1 aliphatic heterocycles. The highest BCUT2D eigenvalue weighted by molar-refractivity contribution is 5.85. The number of alkyl halides is 1. The molecule has 0 saturated carbocycles. The van der Waals surface area contributed by atoms with Crippen molar-refractivity contribution in [2.75, 3.05) is 13.1 Å². The zero-order chi connectivity index (χ0) is 12.4. The SMILES string of the molecule is Cl.FC1CNCCC1n1cc(-c2ccncc2)nn1. The van der Waals surface area contributed by atoms with Gasteiger partial charge in [0.05, 0.1) is 12.2 Å². The van der Waals surface area contributed by atoms with Crippen molar-refractivity contribution in [1.82, 2.24) is 25.3 Å². The highest BCUT2D eigenvalue weighted by Gasteiger charge is 2.27. The lowest BCUT2D eigenvalue weighted by Gasteiger charge is -2.26. The van der Waals surface area contributed by atoms with E-state index in [9.17, 15) is 4.39 Å². The maximum absolute atomic E-state index is 13.8. The van der Waals surface area contributed by atoms with Gasteiger partial charge in [0.1, 0.15) is 11.9 Å². The molecule has 2 unspecified atom stereocenters. The molecule has 19 heavy (non-hydrogen) atoms. The zero-order valence-electron chi connectivity index (χ0n) is 10.2. The molecule has 5 nitrogen and oxygen atoms in total. The number of aromatic nitrogens is 4. The van der Waals surface area contributed by atoms with Crippen LogP contribution in [0.4, 0.5) is 4.39 Å². The lowest BCUT2D eigenvalue weighted by atomic mass is 10.1. The molecule has 0 radical (unpaired) electrons. The Bertz CT molecular complexity index is 518. The molecule has 1 saturated heterocycles. The summed E-state index contributed by atoms with van der Waals surface area (Å²) in [6.07, 6.45) is 5.04. The van der Waals surface area contributed by atoms with E-state index < -0.39 is 6.17 Å². The first-order chi connectivity index (χ1) is 8.84. The Morgan fingerprint density at radius 1 is 1.32 bits per heavy atom. The van der Waals surface area contributed by atoms with Gasteiger partial charge in [-0.25, -0.2) is 9.07 Å². The van der Waals surface area contributed by atoms with Crippen molar-refractivity contribution >= 4 is 12.4 Å². The standard InChI is InChI=1S/C12H14FN5.ClH/c13-10-7-15-6-3-12(10)18-8-11(16-17-18)9-1-4-14-5-2-9;/h1-2,4-5,8,10,12,15H,3,6-7H2;1H. The van der Waals surface area contributed by atoms with Crippen molar-refractivity contribution in [2.24, 2.45) is 0 Å². The minimum atomic E-state index is -0.911. The van der Waals surface area contributed by atoms with Gasteiger partial charge in [0.2, 0.25) is 0 Å². The Morgan fingerprint density at radius 3 is 2.84 bits per heavy atom. The van der Waals surface area contributed by atoms with Crippen LogP contribution < -0.4 is 5.32 Å². The highest BCUT2D eigenvalue weighted by atomic mass is 35.5. The molecule has 2 atom stereocenters. The molecular formula is C12H15ClFN5. The average Bonchev–Trinajstić information content (AvgIpc) is 2.90. The largest absolute Gasteiger partial charge is 0.314 e. The Kier molecular flexibility index (Phi) is 4.44. The van der Waals surface area contributed by atoms with Gasteiger partial charge in [0.15, 0.2) is 0 Å². The smallest absolute Gasteiger partial charge is 0.135 e. The number of pyridine rings is 1. The van der Waals surface area contributed by atoms with Crippen LogP contribution in [-0.2, 0) is 0 Å². The lowest BCUT2D eigenvalue weighted by Crippen LogP contribution is -2.39. The topological polar surface area (TPSA) is 55.6 Å². The van der Waals surface area contributed by atoms with Crippen LogP contribution >= 0.6 is 12.4 Å². The van der Waals surface area contributed by atoms with Crippen molar-refractivity contribution in [3.8, 4) is 11.3 Å². The zero-order valence-corrected chi connectivity index (χ0v) is 11.1. The third-order valence-electron chi connectivity index (χ3n) is 3.20. The summed E-state index contributed by atoms with van der Waals surface area (Å²) in [7, 11) is 0. The van der Waals surface area contributed by atoms with E-state index in [1.165, 1.54) is 0 Å². The van der Waals surface area contributed by atoms with E-state index in [0.717, 1.165) is 24.2 Å². The van der Waals surface area contributed by atoms with Crippen molar-refractivity contribution < 1.29 is 4.39 Å². The number of halogens is 2. The molecule has 0 aliphatic carbocycles. The molecular weight excluding hydrogens is 269 g/mol. The summed E-state index contributed by atoms with van der Waals surface area (Å²) in [4.78, 5) is 3.96. The molecule has 7 heteroatoms. The van der Waals surface area contributed by atoms with Gasteiger partial charge < -0.3 is 5.32 Å². The molecule has 1 fully saturated rings. The van der Waals surface area contributed by atoms with Crippen LogP contribution in [0.5, 0.6) is 0 Å². The molecule has 0 bridgehead atoms. The molecule has 1 N–H and O–H groups in total. The summed E-state index contributed by atoms with van der Waals surface area (Å²) in [5, 5.41) is 11.2. The molecule has 2 aromatic heterocycles. The molecule has 3 rings (SSSR count). The Morgan fingerprint density at radius 2 is 2.11 bits per heavy atom. The van der Waals surface area contributed by atoms with Gasteiger partial charge in [-0.1, -0.05) is 5.21 Å². The Balaban J connectivity index is 0.00000133. The second-order valence-electron chi connectivity index (χ2n) is 4.40. The summed E-state index contributed by atoms with van der Waals surface area (Å²) in [6, 6.07) is 3.52. The van der Waals surface area contributed by atoms with Gasteiger partial charge in [-0.3, -0.25) is 4.98 Å². The molecule has 2 aromatic rings. The van der Waals surface area contributed by atoms with E-state index in [1.807, 2.05) is 12.1 Å². The van der Waals surface area contributed by atoms with Crippen LogP contribution in [0, 0.1) is 0 Å². The maximum Gasteiger partial charge on any atom is 0.135 e. The van der Waals surface area contributed by atoms with Crippen LogP contribution in [0.15, 0.2) is 30.7 Å². The fraction of sp³-hybridized carbons (Fsp3) is 0.417. The normalized spacial score (nSPS) is 22.8. The predicted octanol–water partition coefficient (Wildman–Crippen LogP) is 1.63. The minimum absolute atomic E-state index is 0. The van der Waals surface area contributed by atoms with Gasteiger partial charge in [-0.15, -0.1) is 17.5 Å². The summed E-state index contributed by atoms with van der Waals surface area (Å²) >= 11 is 0. The quantitative estimate of drug-likeness (QED) is 0.910. The van der Waals surface area contributed by atoms with Crippen LogP contribution in [0.2, 0.25) is 0 Å². The molecule has 0 amide bonds. The summed E-state index contributed by atoms with van der Waals surface area (Å²) in [6.45, 7) is 1.20. The van der Waals surface area contributed by atoms with Crippen molar-refractivity contribution in [3.63, 3.8) is 0 Å². The second kappa shape index (κ2) is 6.08. The second-order valence-corrected chi connectivity index (χ2v) is 4.40. The fourth-order valence-corrected chi connectivity index (χ4v) is 2.20. The van der Waals surface area contributed by atoms with Gasteiger partial charge in [-0.2, -0.15) is 0 Å². The summed E-state index contributed by atoms with van der Waals surface area (Å²) in [5.41, 5.74) is 1.70. The molecule has 1 aliphatic rings. The Hall–Kier alpha value is -1.53. The molecule has 102 valence electrons. The highest BCUT2D eigenvalue weighted by Crippen LogP contribution is 2.23. The van der Waals surface area contributed by atoms with Gasteiger partial charge in [0.25, 0.3) is 0 Å². The van der Waals surface area contributed by atoms with E-state index in [0.29, 0.717) is 6.54 Å². The number of rotatable bonds is 2. The molecule has 3 heterocycles. The third kappa shape index (κ3) is 2.90. The first-order valence-electron chi connectivity index (χ1n) is 6.01. The monoisotopic (exact) mass is 283 g/mol. The van der Waals surface area contributed by atoms with Crippen LogP contribution in [0.3, 0.4) is 0 Å².